The van der Waals surface area contributed by atoms with Gasteiger partial charge in [0.1, 0.15) is 5.82 Å². The molecule has 0 radical (unpaired) electrons. The first-order valence-corrected chi connectivity index (χ1v) is 11.0. The summed E-state index contributed by atoms with van der Waals surface area (Å²) < 4.78 is 4.53. The number of rotatable bonds is 7. The molecule has 7 heteroatoms. The van der Waals surface area contributed by atoms with Gasteiger partial charge in [0.15, 0.2) is 0 Å². The lowest BCUT2D eigenvalue weighted by Crippen LogP contribution is -2.38. The van der Waals surface area contributed by atoms with E-state index in [-0.39, 0.29) is 5.91 Å². The molecule has 150 valence electrons. The second kappa shape index (κ2) is 9.37. The molecule has 1 aromatic heterocycles. The van der Waals surface area contributed by atoms with Crippen LogP contribution < -0.4 is 4.90 Å². The highest BCUT2D eigenvalue weighted by Crippen LogP contribution is 2.22. The number of benzene rings is 2. The molecule has 1 aliphatic heterocycles. The van der Waals surface area contributed by atoms with Crippen molar-refractivity contribution in [1.29, 1.82) is 0 Å². The monoisotopic (exact) mass is 426 g/mol. The van der Waals surface area contributed by atoms with Crippen molar-refractivity contribution in [2.24, 2.45) is 0 Å². The van der Waals surface area contributed by atoms with Crippen LogP contribution in [0.4, 0.5) is 5.13 Å². The van der Waals surface area contributed by atoms with Gasteiger partial charge >= 0.3 is 0 Å². The van der Waals surface area contributed by atoms with Gasteiger partial charge in [-0.25, -0.2) is 4.98 Å². The standard InChI is InChI=1S/C22H23ClN4OS/c23-19-10-8-17(9-11-19)14-20-24-22(29-25-20)27(15-18-6-2-1-3-7-18)16-21(28)26-12-4-5-13-26/h1-3,6-11H,4-5,12-16H2. The van der Waals surface area contributed by atoms with Crippen molar-refractivity contribution in [1.82, 2.24) is 14.3 Å². The Hall–Kier alpha value is -2.44. The van der Waals surface area contributed by atoms with Gasteiger partial charge in [-0.2, -0.15) is 4.37 Å². The van der Waals surface area contributed by atoms with E-state index in [9.17, 15) is 4.79 Å². The number of hydrogen-bond acceptors (Lipinski definition) is 5. The lowest BCUT2D eigenvalue weighted by molar-refractivity contribution is -0.128. The molecule has 1 aliphatic rings. The maximum atomic E-state index is 12.8. The van der Waals surface area contributed by atoms with Crippen LogP contribution in [0.15, 0.2) is 54.6 Å². The van der Waals surface area contributed by atoms with Gasteiger partial charge in [0.05, 0.1) is 6.54 Å². The highest BCUT2D eigenvalue weighted by atomic mass is 35.5. The fourth-order valence-electron chi connectivity index (χ4n) is 3.45. The van der Waals surface area contributed by atoms with Crippen LogP contribution in [0.25, 0.3) is 0 Å². The summed E-state index contributed by atoms with van der Waals surface area (Å²) >= 11 is 7.32. The van der Waals surface area contributed by atoms with Crippen LogP contribution in [0.2, 0.25) is 5.02 Å². The first-order chi connectivity index (χ1) is 14.2. The molecule has 1 saturated heterocycles. The zero-order valence-corrected chi connectivity index (χ0v) is 17.7. The minimum atomic E-state index is 0.160. The highest BCUT2D eigenvalue weighted by Gasteiger charge is 2.23. The van der Waals surface area contributed by atoms with E-state index in [4.69, 9.17) is 16.6 Å². The predicted octanol–water partition coefficient (Wildman–Crippen LogP) is 4.41. The molecule has 1 fully saturated rings. The van der Waals surface area contributed by atoms with Gasteiger partial charge in [0.25, 0.3) is 0 Å². The van der Waals surface area contributed by atoms with Crippen molar-refractivity contribution in [3.63, 3.8) is 0 Å². The van der Waals surface area contributed by atoms with Crippen molar-refractivity contribution in [2.45, 2.75) is 25.8 Å². The first kappa shape index (κ1) is 19.9. The number of amides is 1. The van der Waals surface area contributed by atoms with E-state index in [1.54, 1.807) is 0 Å². The van der Waals surface area contributed by atoms with Crippen molar-refractivity contribution in [3.8, 4) is 0 Å². The van der Waals surface area contributed by atoms with Gasteiger partial charge in [-0.1, -0.05) is 54.1 Å². The fourth-order valence-corrected chi connectivity index (χ4v) is 4.26. The predicted molar refractivity (Wildman–Crippen MR) is 117 cm³/mol. The van der Waals surface area contributed by atoms with Gasteiger partial charge in [0, 0.05) is 42.6 Å². The largest absolute Gasteiger partial charge is 0.341 e. The molecule has 2 heterocycles. The van der Waals surface area contributed by atoms with Gasteiger partial charge in [-0.3, -0.25) is 4.79 Å². The molecule has 29 heavy (non-hydrogen) atoms. The van der Waals surface area contributed by atoms with Crippen LogP contribution in [0, 0.1) is 0 Å². The summed E-state index contributed by atoms with van der Waals surface area (Å²) in [7, 11) is 0. The fraction of sp³-hybridized carbons (Fsp3) is 0.318. The average molecular weight is 427 g/mol. The van der Waals surface area contributed by atoms with E-state index in [0.717, 1.165) is 53.0 Å². The summed E-state index contributed by atoms with van der Waals surface area (Å²) in [6.45, 7) is 2.67. The SMILES string of the molecule is O=C(CN(Cc1ccccc1)c1nc(Cc2ccc(Cl)cc2)ns1)N1CCCC1. The third-order valence-electron chi connectivity index (χ3n) is 5.00. The van der Waals surface area contributed by atoms with Crippen LogP contribution in [-0.4, -0.2) is 39.8 Å². The molecule has 3 aromatic rings. The second-order valence-corrected chi connectivity index (χ2v) is 8.39. The number of aromatic nitrogens is 2. The summed E-state index contributed by atoms with van der Waals surface area (Å²) in [4.78, 5) is 21.5. The molecule has 0 N–H and O–H groups in total. The lowest BCUT2D eigenvalue weighted by atomic mass is 10.1. The summed E-state index contributed by atoms with van der Waals surface area (Å²) in [5.41, 5.74) is 2.26. The Bertz CT molecular complexity index is 939. The van der Waals surface area contributed by atoms with E-state index < -0.39 is 0 Å². The molecular formula is C22H23ClN4OS. The third-order valence-corrected chi connectivity index (χ3v) is 6.07. The van der Waals surface area contributed by atoms with Gasteiger partial charge in [-0.05, 0) is 36.1 Å². The molecule has 0 atom stereocenters. The molecule has 1 amide bonds. The molecule has 0 unspecified atom stereocenters. The van der Waals surface area contributed by atoms with Crippen molar-refractivity contribution in [3.05, 3.63) is 76.6 Å². The number of carbonyl (C=O) groups excluding carboxylic acids is 1. The van der Waals surface area contributed by atoms with Crippen LogP contribution in [0.1, 0.15) is 29.8 Å². The Morgan fingerprint density at radius 3 is 2.48 bits per heavy atom. The van der Waals surface area contributed by atoms with E-state index in [0.29, 0.717) is 19.5 Å². The lowest BCUT2D eigenvalue weighted by Gasteiger charge is -2.24. The Kier molecular flexibility index (Phi) is 6.42. The summed E-state index contributed by atoms with van der Waals surface area (Å²) in [6.07, 6.45) is 2.83. The van der Waals surface area contributed by atoms with Crippen molar-refractivity contribution in [2.75, 3.05) is 24.5 Å². The van der Waals surface area contributed by atoms with Crippen molar-refractivity contribution >= 4 is 34.2 Å². The Morgan fingerprint density at radius 1 is 1.03 bits per heavy atom. The summed E-state index contributed by atoms with van der Waals surface area (Å²) in [5, 5.41) is 1.50. The topological polar surface area (TPSA) is 49.3 Å². The van der Waals surface area contributed by atoms with Crippen LogP contribution >= 0.6 is 23.1 Å². The minimum absolute atomic E-state index is 0.160. The van der Waals surface area contributed by atoms with Gasteiger partial charge < -0.3 is 9.80 Å². The number of carbonyl (C=O) groups is 1. The van der Waals surface area contributed by atoms with Crippen molar-refractivity contribution < 1.29 is 4.79 Å². The van der Waals surface area contributed by atoms with Gasteiger partial charge in [0.2, 0.25) is 11.0 Å². The molecule has 2 aromatic carbocycles. The van der Waals surface area contributed by atoms with Crippen LogP contribution in [0.3, 0.4) is 0 Å². The zero-order chi connectivity index (χ0) is 20.1. The minimum Gasteiger partial charge on any atom is -0.341 e. The number of nitrogens with zero attached hydrogens (tertiary/aromatic N) is 4. The van der Waals surface area contributed by atoms with E-state index in [1.165, 1.54) is 11.5 Å². The molecule has 0 spiro atoms. The Morgan fingerprint density at radius 2 is 1.76 bits per heavy atom. The van der Waals surface area contributed by atoms with E-state index in [1.807, 2.05) is 52.3 Å². The third kappa shape index (κ3) is 5.34. The quantitative estimate of drug-likeness (QED) is 0.561. The first-order valence-electron chi connectivity index (χ1n) is 9.81. The van der Waals surface area contributed by atoms with Crippen LogP contribution in [-0.2, 0) is 17.8 Å². The highest BCUT2D eigenvalue weighted by molar-refractivity contribution is 7.09. The summed E-state index contributed by atoms with van der Waals surface area (Å²) in [5.74, 6) is 0.923. The molecular weight excluding hydrogens is 404 g/mol. The summed E-state index contributed by atoms with van der Waals surface area (Å²) in [6, 6.07) is 17.9. The van der Waals surface area contributed by atoms with E-state index >= 15 is 0 Å². The smallest absolute Gasteiger partial charge is 0.242 e. The second-order valence-electron chi connectivity index (χ2n) is 7.23. The maximum absolute atomic E-state index is 12.8. The number of halogens is 1. The van der Waals surface area contributed by atoms with Gasteiger partial charge in [-0.15, -0.1) is 0 Å². The number of hydrogen-bond donors (Lipinski definition) is 0. The van der Waals surface area contributed by atoms with Crippen LogP contribution in [0.5, 0.6) is 0 Å². The maximum Gasteiger partial charge on any atom is 0.242 e. The molecule has 0 bridgehead atoms. The molecule has 4 rings (SSSR count). The van der Waals surface area contributed by atoms with E-state index in [2.05, 4.69) is 16.5 Å². The normalized spacial score (nSPS) is 13.6. The number of likely N-dealkylation sites (tertiary alicyclic amines) is 1. The Balaban J connectivity index is 1.51. The number of anilines is 1. The average Bonchev–Trinajstić information content (AvgIpc) is 3.42. The molecule has 0 saturated carbocycles. The molecule has 0 aliphatic carbocycles. The zero-order valence-electron chi connectivity index (χ0n) is 16.1. The molecule has 5 nitrogen and oxygen atoms in total. The Labute approximate surface area is 180 Å².